The third-order valence-corrected chi connectivity index (χ3v) is 4.64. The van der Waals surface area contributed by atoms with E-state index in [-0.39, 0.29) is 17.3 Å². The summed E-state index contributed by atoms with van der Waals surface area (Å²) in [5, 5.41) is 13.2. The highest BCUT2D eigenvalue weighted by Crippen LogP contribution is 2.25. The summed E-state index contributed by atoms with van der Waals surface area (Å²) in [6.07, 6.45) is 5.06. The summed E-state index contributed by atoms with van der Waals surface area (Å²) in [4.78, 5) is 15.9. The summed E-state index contributed by atoms with van der Waals surface area (Å²) in [7, 11) is 0. The quantitative estimate of drug-likeness (QED) is 0.674. The van der Waals surface area contributed by atoms with Gasteiger partial charge in [0.25, 0.3) is 0 Å². The molecule has 4 nitrogen and oxygen atoms in total. The summed E-state index contributed by atoms with van der Waals surface area (Å²) in [5.74, 6) is 0.341. The second kappa shape index (κ2) is 8.59. The SMILES string of the molecule is CCCCCCC(O)CN=C1NC(=O)C(C(C)C)S1. The van der Waals surface area contributed by atoms with Crippen LogP contribution in [0.5, 0.6) is 0 Å². The first-order valence-corrected chi connectivity index (χ1v) is 8.12. The minimum Gasteiger partial charge on any atom is -0.391 e. The van der Waals surface area contributed by atoms with E-state index in [0.29, 0.717) is 17.6 Å². The van der Waals surface area contributed by atoms with E-state index in [1.807, 2.05) is 13.8 Å². The topological polar surface area (TPSA) is 61.7 Å². The predicted octanol–water partition coefficient (Wildman–Crippen LogP) is 2.56. The van der Waals surface area contributed by atoms with Crippen molar-refractivity contribution < 1.29 is 9.90 Å². The normalized spacial score (nSPS) is 23.1. The maximum atomic E-state index is 11.6. The number of hydrogen-bond donors (Lipinski definition) is 2. The van der Waals surface area contributed by atoms with E-state index < -0.39 is 0 Å². The van der Waals surface area contributed by atoms with Crippen LogP contribution in [-0.4, -0.2) is 34.1 Å². The van der Waals surface area contributed by atoms with Crippen molar-refractivity contribution in [2.75, 3.05) is 6.54 Å². The summed E-state index contributed by atoms with van der Waals surface area (Å²) >= 11 is 1.48. The zero-order valence-electron chi connectivity index (χ0n) is 12.2. The van der Waals surface area contributed by atoms with Gasteiger partial charge in [-0.3, -0.25) is 9.79 Å². The highest BCUT2D eigenvalue weighted by molar-refractivity contribution is 8.15. The van der Waals surface area contributed by atoms with Crippen LogP contribution in [0.1, 0.15) is 52.9 Å². The summed E-state index contributed by atoms with van der Waals surface area (Å²) in [6, 6.07) is 0. The average Bonchev–Trinajstić information content (AvgIpc) is 2.74. The van der Waals surface area contributed by atoms with Gasteiger partial charge in [-0.1, -0.05) is 58.2 Å². The molecule has 1 amide bonds. The highest BCUT2D eigenvalue weighted by Gasteiger charge is 2.32. The molecule has 0 aliphatic carbocycles. The maximum absolute atomic E-state index is 11.6. The van der Waals surface area contributed by atoms with Crippen molar-refractivity contribution in [2.24, 2.45) is 10.9 Å². The number of rotatable bonds is 8. The second-order valence-corrected chi connectivity index (χ2v) is 6.55. The first-order chi connectivity index (χ1) is 9.04. The molecule has 0 aromatic heterocycles. The Kier molecular flexibility index (Phi) is 7.46. The zero-order chi connectivity index (χ0) is 14.3. The smallest absolute Gasteiger partial charge is 0.239 e. The van der Waals surface area contributed by atoms with Crippen LogP contribution in [0.15, 0.2) is 4.99 Å². The van der Waals surface area contributed by atoms with E-state index in [0.717, 1.165) is 12.8 Å². The summed E-state index contributed by atoms with van der Waals surface area (Å²) in [6.45, 7) is 6.62. The van der Waals surface area contributed by atoms with E-state index >= 15 is 0 Å². The molecule has 0 aromatic rings. The molecule has 0 radical (unpaired) electrons. The van der Waals surface area contributed by atoms with Gasteiger partial charge in [-0.25, -0.2) is 0 Å². The third-order valence-electron chi connectivity index (χ3n) is 3.17. The molecule has 1 saturated heterocycles. The first kappa shape index (κ1) is 16.5. The van der Waals surface area contributed by atoms with Gasteiger partial charge in [0.2, 0.25) is 5.91 Å². The number of aliphatic imine (C=N–C) groups is 1. The van der Waals surface area contributed by atoms with Crippen LogP contribution in [0, 0.1) is 5.92 Å². The van der Waals surface area contributed by atoms with Gasteiger partial charge in [0.15, 0.2) is 5.17 Å². The summed E-state index contributed by atoms with van der Waals surface area (Å²) < 4.78 is 0. The molecule has 110 valence electrons. The number of hydrogen-bond acceptors (Lipinski definition) is 4. The van der Waals surface area contributed by atoms with Crippen LogP contribution in [-0.2, 0) is 4.79 Å². The van der Waals surface area contributed by atoms with Crippen molar-refractivity contribution in [3.05, 3.63) is 0 Å². The Morgan fingerprint density at radius 3 is 2.68 bits per heavy atom. The number of amides is 1. The van der Waals surface area contributed by atoms with Gasteiger partial charge < -0.3 is 10.4 Å². The largest absolute Gasteiger partial charge is 0.391 e. The Balaban J connectivity index is 2.27. The molecule has 1 aliphatic rings. The van der Waals surface area contributed by atoms with Gasteiger partial charge in [-0.15, -0.1) is 0 Å². The second-order valence-electron chi connectivity index (χ2n) is 5.42. The Bertz CT molecular complexity index is 319. The fourth-order valence-corrected chi connectivity index (χ4v) is 2.97. The number of carbonyl (C=O) groups excluding carboxylic acids is 1. The molecule has 1 fully saturated rings. The summed E-state index contributed by atoms with van der Waals surface area (Å²) in [5.41, 5.74) is 0. The molecule has 0 bridgehead atoms. The van der Waals surface area contributed by atoms with Crippen LogP contribution >= 0.6 is 11.8 Å². The van der Waals surface area contributed by atoms with Gasteiger partial charge in [-0.05, 0) is 12.3 Å². The van der Waals surface area contributed by atoms with E-state index in [2.05, 4.69) is 17.2 Å². The molecule has 2 atom stereocenters. The Morgan fingerprint density at radius 1 is 1.37 bits per heavy atom. The highest BCUT2D eigenvalue weighted by atomic mass is 32.2. The first-order valence-electron chi connectivity index (χ1n) is 7.24. The van der Waals surface area contributed by atoms with Gasteiger partial charge in [0, 0.05) is 0 Å². The molecular formula is C14H26N2O2S. The average molecular weight is 286 g/mol. The Labute approximate surface area is 120 Å². The molecule has 2 unspecified atom stereocenters. The van der Waals surface area contributed by atoms with Crippen molar-refractivity contribution >= 4 is 22.8 Å². The van der Waals surface area contributed by atoms with E-state index in [9.17, 15) is 9.90 Å². The van der Waals surface area contributed by atoms with Crippen molar-refractivity contribution in [1.29, 1.82) is 0 Å². The number of nitrogens with zero attached hydrogens (tertiary/aromatic N) is 1. The molecule has 1 rings (SSSR count). The van der Waals surface area contributed by atoms with E-state index in [4.69, 9.17) is 0 Å². The molecule has 2 N–H and O–H groups in total. The van der Waals surface area contributed by atoms with E-state index in [1.54, 1.807) is 0 Å². The number of unbranched alkanes of at least 4 members (excludes halogenated alkanes) is 3. The van der Waals surface area contributed by atoms with Crippen LogP contribution in [0.4, 0.5) is 0 Å². The molecule has 0 spiro atoms. The minimum absolute atomic E-state index is 0.0381. The number of amidine groups is 1. The van der Waals surface area contributed by atoms with Crippen molar-refractivity contribution in [3.63, 3.8) is 0 Å². The molecule has 0 saturated carbocycles. The number of carbonyl (C=O) groups is 1. The molecular weight excluding hydrogens is 260 g/mol. The molecule has 19 heavy (non-hydrogen) atoms. The Morgan fingerprint density at radius 2 is 2.11 bits per heavy atom. The number of aliphatic hydroxyl groups excluding tert-OH is 1. The molecule has 0 aromatic carbocycles. The Hall–Kier alpha value is -0.550. The lowest BCUT2D eigenvalue weighted by Gasteiger charge is -2.08. The third kappa shape index (κ3) is 5.95. The van der Waals surface area contributed by atoms with Crippen molar-refractivity contribution in [1.82, 2.24) is 5.32 Å². The van der Waals surface area contributed by atoms with Gasteiger partial charge in [0.05, 0.1) is 17.9 Å². The lowest BCUT2D eigenvalue weighted by molar-refractivity contribution is -0.119. The van der Waals surface area contributed by atoms with Gasteiger partial charge >= 0.3 is 0 Å². The van der Waals surface area contributed by atoms with E-state index in [1.165, 1.54) is 31.0 Å². The molecule has 5 heteroatoms. The van der Waals surface area contributed by atoms with Crippen LogP contribution in [0.25, 0.3) is 0 Å². The van der Waals surface area contributed by atoms with Crippen molar-refractivity contribution in [3.8, 4) is 0 Å². The fourth-order valence-electron chi connectivity index (χ4n) is 1.98. The fraction of sp³-hybridized carbons (Fsp3) is 0.857. The number of nitrogens with one attached hydrogen (secondary N) is 1. The molecule has 1 heterocycles. The number of thioether (sulfide) groups is 1. The predicted molar refractivity (Wildman–Crippen MR) is 81.4 cm³/mol. The lowest BCUT2D eigenvalue weighted by Crippen LogP contribution is -2.28. The van der Waals surface area contributed by atoms with Crippen LogP contribution in [0.3, 0.4) is 0 Å². The monoisotopic (exact) mass is 286 g/mol. The lowest BCUT2D eigenvalue weighted by atomic mass is 10.1. The zero-order valence-corrected chi connectivity index (χ0v) is 13.0. The number of aliphatic hydroxyl groups is 1. The minimum atomic E-state index is -0.389. The maximum Gasteiger partial charge on any atom is 0.239 e. The molecule has 1 aliphatic heterocycles. The van der Waals surface area contributed by atoms with Gasteiger partial charge in [0.1, 0.15) is 0 Å². The standard InChI is InChI=1S/C14H26N2O2S/c1-4-5-6-7-8-11(17)9-15-14-16-13(18)12(19-14)10(2)3/h10-12,17H,4-9H2,1-3H3,(H,15,16,18). The van der Waals surface area contributed by atoms with Crippen molar-refractivity contribution in [2.45, 2.75) is 64.2 Å². The van der Waals surface area contributed by atoms with Gasteiger partial charge in [-0.2, -0.15) is 0 Å². The van der Waals surface area contributed by atoms with Crippen LogP contribution < -0.4 is 5.32 Å². The van der Waals surface area contributed by atoms with Crippen LogP contribution in [0.2, 0.25) is 0 Å².